The van der Waals surface area contributed by atoms with Crippen LogP contribution in [0.2, 0.25) is 0 Å². The Balaban J connectivity index is 1.85. The molecule has 0 spiro atoms. The molecule has 2 heterocycles. The quantitative estimate of drug-likeness (QED) is 0.856. The second-order valence-corrected chi connectivity index (χ2v) is 6.99. The van der Waals surface area contributed by atoms with E-state index in [2.05, 4.69) is 26.2 Å². The molecule has 7 heteroatoms. The highest BCUT2D eigenvalue weighted by Gasteiger charge is 2.30. The number of anilines is 3. The maximum absolute atomic E-state index is 13.0. The molecule has 1 atom stereocenters. The van der Waals surface area contributed by atoms with Gasteiger partial charge in [0, 0.05) is 30.2 Å². The molecule has 1 aliphatic rings. The third-order valence-electron chi connectivity index (χ3n) is 4.10. The number of nitrogens with one attached hydrogen (secondary N) is 1. The number of pyridine rings is 1. The molecular formula is C18H19BrN4O2. The minimum Gasteiger partial charge on any atom is -0.350 e. The van der Waals surface area contributed by atoms with Gasteiger partial charge in [0.1, 0.15) is 5.82 Å². The van der Waals surface area contributed by atoms with Crippen molar-refractivity contribution < 1.29 is 9.59 Å². The molecule has 0 saturated heterocycles. The van der Waals surface area contributed by atoms with E-state index in [1.165, 1.54) is 0 Å². The van der Waals surface area contributed by atoms with Crippen molar-refractivity contribution in [3.63, 3.8) is 0 Å². The monoisotopic (exact) mass is 402 g/mol. The summed E-state index contributed by atoms with van der Waals surface area (Å²) in [5, 5.41) is 2.86. The van der Waals surface area contributed by atoms with Crippen molar-refractivity contribution in [1.82, 2.24) is 4.98 Å². The van der Waals surface area contributed by atoms with Crippen molar-refractivity contribution in [3.8, 4) is 0 Å². The number of fused-ring (bicyclic) bond motifs is 1. The lowest BCUT2D eigenvalue weighted by Crippen LogP contribution is -2.44. The number of likely N-dealkylation sites (N-methyl/N-ethyl adjacent to an activating group) is 1. The molecule has 0 bridgehead atoms. The summed E-state index contributed by atoms with van der Waals surface area (Å²) < 4.78 is 0.885. The van der Waals surface area contributed by atoms with Gasteiger partial charge in [-0.15, -0.1) is 0 Å². The van der Waals surface area contributed by atoms with Crippen LogP contribution in [0.3, 0.4) is 0 Å². The predicted molar refractivity (Wildman–Crippen MR) is 102 cm³/mol. The maximum Gasteiger partial charge on any atom is 0.246 e. The van der Waals surface area contributed by atoms with Gasteiger partial charge in [0.15, 0.2) is 0 Å². The number of rotatable bonds is 3. The predicted octanol–water partition coefficient (Wildman–Crippen LogP) is 3.04. The minimum atomic E-state index is -0.220. The van der Waals surface area contributed by atoms with E-state index in [4.69, 9.17) is 0 Å². The van der Waals surface area contributed by atoms with Gasteiger partial charge < -0.3 is 15.1 Å². The summed E-state index contributed by atoms with van der Waals surface area (Å²) in [6.45, 7) is 2.05. The molecule has 1 aromatic heterocycles. The first-order chi connectivity index (χ1) is 12.0. The fourth-order valence-corrected chi connectivity index (χ4v) is 3.16. The molecule has 25 heavy (non-hydrogen) atoms. The third kappa shape index (κ3) is 3.82. The summed E-state index contributed by atoms with van der Waals surface area (Å²) in [5.41, 5.74) is 1.39. The SMILES string of the molecule is CC1CC(=O)Nc2ccccc2N1C(=O)CN(C)c1ccc(Br)cn1. The molecule has 3 rings (SSSR count). The number of nitrogens with zero attached hydrogens (tertiary/aromatic N) is 3. The highest BCUT2D eigenvalue weighted by Crippen LogP contribution is 2.31. The molecule has 0 aliphatic carbocycles. The van der Waals surface area contributed by atoms with Crippen molar-refractivity contribution in [2.75, 3.05) is 28.7 Å². The lowest BCUT2D eigenvalue weighted by Gasteiger charge is -2.30. The standard InChI is InChI=1S/C18H19BrN4O2/c1-12-9-17(24)21-14-5-3-4-6-15(14)23(12)18(25)11-22(2)16-8-7-13(19)10-20-16/h3-8,10,12H,9,11H2,1-2H3,(H,21,24). The molecule has 0 fully saturated rings. The average molecular weight is 403 g/mol. The van der Waals surface area contributed by atoms with E-state index in [-0.39, 0.29) is 30.8 Å². The number of hydrogen-bond acceptors (Lipinski definition) is 4. The Kier molecular flexibility index (Phi) is 5.03. The molecular weight excluding hydrogens is 384 g/mol. The van der Waals surface area contributed by atoms with E-state index < -0.39 is 0 Å². The Morgan fingerprint density at radius 2 is 2.12 bits per heavy atom. The highest BCUT2D eigenvalue weighted by atomic mass is 79.9. The zero-order valence-electron chi connectivity index (χ0n) is 14.1. The van der Waals surface area contributed by atoms with Crippen LogP contribution in [-0.4, -0.2) is 36.4 Å². The van der Waals surface area contributed by atoms with Crippen LogP contribution < -0.4 is 15.1 Å². The van der Waals surface area contributed by atoms with Gasteiger partial charge >= 0.3 is 0 Å². The fraction of sp³-hybridized carbons (Fsp3) is 0.278. The van der Waals surface area contributed by atoms with Gasteiger partial charge in [-0.3, -0.25) is 9.59 Å². The zero-order chi connectivity index (χ0) is 18.0. The third-order valence-corrected chi connectivity index (χ3v) is 4.57. The van der Waals surface area contributed by atoms with E-state index in [1.54, 1.807) is 16.0 Å². The van der Waals surface area contributed by atoms with Crippen LogP contribution in [0.1, 0.15) is 13.3 Å². The van der Waals surface area contributed by atoms with Crippen molar-refractivity contribution in [2.24, 2.45) is 0 Å². The molecule has 0 saturated carbocycles. The molecule has 6 nitrogen and oxygen atoms in total. The lowest BCUT2D eigenvalue weighted by molar-refractivity contribution is -0.118. The highest BCUT2D eigenvalue weighted by molar-refractivity contribution is 9.10. The summed E-state index contributed by atoms with van der Waals surface area (Å²) in [7, 11) is 1.83. The van der Waals surface area contributed by atoms with Gasteiger partial charge in [-0.05, 0) is 47.1 Å². The van der Waals surface area contributed by atoms with Gasteiger partial charge in [0.25, 0.3) is 0 Å². The maximum atomic E-state index is 13.0. The summed E-state index contributed by atoms with van der Waals surface area (Å²) in [6.07, 6.45) is 1.96. The van der Waals surface area contributed by atoms with E-state index >= 15 is 0 Å². The molecule has 0 radical (unpaired) electrons. The summed E-state index contributed by atoms with van der Waals surface area (Å²) in [5.74, 6) is 0.545. The lowest BCUT2D eigenvalue weighted by atomic mass is 10.1. The summed E-state index contributed by atoms with van der Waals surface area (Å²) in [6, 6.07) is 10.9. The van der Waals surface area contributed by atoms with E-state index in [0.717, 1.165) is 10.2 Å². The number of aromatic nitrogens is 1. The number of carbonyl (C=O) groups is 2. The van der Waals surface area contributed by atoms with E-state index in [1.807, 2.05) is 50.4 Å². The molecule has 1 N–H and O–H groups in total. The first-order valence-electron chi connectivity index (χ1n) is 7.99. The van der Waals surface area contributed by atoms with Gasteiger partial charge in [-0.1, -0.05) is 12.1 Å². The zero-order valence-corrected chi connectivity index (χ0v) is 15.7. The topological polar surface area (TPSA) is 65.5 Å². The summed E-state index contributed by atoms with van der Waals surface area (Å²) >= 11 is 3.35. The minimum absolute atomic E-state index is 0.0799. The Morgan fingerprint density at radius 3 is 2.84 bits per heavy atom. The largest absolute Gasteiger partial charge is 0.350 e. The van der Waals surface area contributed by atoms with Crippen molar-refractivity contribution in [2.45, 2.75) is 19.4 Å². The second-order valence-electron chi connectivity index (χ2n) is 6.07. The van der Waals surface area contributed by atoms with Crippen LogP contribution in [0.5, 0.6) is 0 Å². The molecule has 1 aliphatic heterocycles. The molecule has 1 aromatic carbocycles. The number of halogens is 1. The number of hydrogen-bond donors (Lipinski definition) is 1. The van der Waals surface area contributed by atoms with Crippen LogP contribution in [0, 0.1) is 0 Å². The van der Waals surface area contributed by atoms with Crippen molar-refractivity contribution in [3.05, 3.63) is 47.1 Å². The molecule has 130 valence electrons. The normalized spacial score (nSPS) is 16.7. The van der Waals surface area contributed by atoms with Crippen LogP contribution in [0.25, 0.3) is 0 Å². The molecule has 1 unspecified atom stereocenters. The van der Waals surface area contributed by atoms with Crippen LogP contribution in [0.4, 0.5) is 17.2 Å². The number of carbonyl (C=O) groups excluding carboxylic acids is 2. The number of para-hydroxylation sites is 2. The Labute approximate surface area is 155 Å². The first kappa shape index (κ1) is 17.4. The van der Waals surface area contributed by atoms with Gasteiger partial charge in [0.2, 0.25) is 11.8 Å². The Hall–Kier alpha value is -2.41. The Morgan fingerprint density at radius 1 is 1.36 bits per heavy atom. The van der Waals surface area contributed by atoms with E-state index in [9.17, 15) is 9.59 Å². The van der Waals surface area contributed by atoms with Gasteiger partial charge in [-0.25, -0.2) is 4.98 Å². The average Bonchev–Trinajstić information content (AvgIpc) is 2.69. The van der Waals surface area contributed by atoms with Crippen LogP contribution in [0.15, 0.2) is 47.1 Å². The number of amides is 2. The molecule has 2 amide bonds. The smallest absolute Gasteiger partial charge is 0.246 e. The van der Waals surface area contributed by atoms with Gasteiger partial charge in [0.05, 0.1) is 17.9 Å². The summed E-state index contributed by atoms with van der Waals surface area (Å²) in [4.78, 5) is 32.8. The Bertz CT molecular complexity index is 794. The molecule has 2 aromatic rings. The van der Waals surface area contributed by atoms with Crippen LogP contribution in [-0.2, 0) is 9.59 Å². The first-order valence-corrected chi connectivity index (χ1v) is 8.78. The fourth-order valence-electron chi connectivity index (χ4n) is 2.92. The van der Waals surface area contributed by atoms with Crippen molar-refractivity contribution in [1.29, 1.82) is 0 Å². The van der Waals surface area contributed by atoms with E-state index in [0.29, 0.717) is 11.5 Å². The number of benzene rings is 1. The van der Waals surface area contributed by atoms with Crippen molar-refractivity contribution >= 4 is 44.9 Å². The second kappa shape index (κ2) is 7.23. The van der Waals surface area contributed by atoms with Gasteiger partial charge in [-0.2, -0.15) is 0 Å². The van der Waals surface area contributed by atoms with Crippen LogP contribution >= 0.6 is 15.9 Å².